The van der Waals surface area contributed by atoms with Gasteiger partial charge in [-0.25, -0.2) is 14.4 Å². The molecule has 202 valence electrons. The number of nitrogens with zero attached hydrogens (tertiary/aromatic N) is 4. The quantitative estimate of drug-likeness (QED) is 0.651. The predicted octanol–water partition coefficient (Wildman–Crippen LogP) is 2.75. The van der Waals surface area contributed by atoms with E-state index in [4.69, 9.17) is 4.74 Å². The Kier molecular flexibility index (Phi) is 7.62. The molecule has 3 unspecified atom stereocenters. The van der Waals surface area contributed by atoms with Gasteiger partial charge in [0.1, 0.15) is 5.75 Å². The van der Waals surface area contributed by atoms with Crippen molar-refractivity contribution < 1.29 is 19.1 Å². The average Bonchev–Trinajstić information content (AvgIpc) is 3.66. The second-order valence-electron chi connectivity index (χ2n) is 10.8. The van der Waals surface area contributed by atoms with Crippen LogP contribution in [-0.2, 0) is 6.54 Å². The smallest absolute Gasteiger partial charge is 0.320 e. The number of benzene rings is 1. The van der Waals surface area contributed by atoms with Gasteiger partial charge in [0.05, 0.1) is 31.8 Å². The first kappa shape index (κ1) is 25.5. The standard InChI is InChI=1S/C27H40N6O4/c1-19-9-10-20(24(14-19)37-2)17-30-18-23-8-5-12-32(23)26(35)28-15-21-6-3-11-31(21)25(34)29-16-22-7-4-13-33(22)27(30)36/h9-10,14,21-23H,3-8,11-13,15-18H2,1-2H3,(H,28,35)(H,29,34). The van der Waals surface area contributed by atoms with E-state index in [0.717, 1.165) is 55.4 Å². The third kappa shape index (κ3) is 5.43. The van der Waals surface area contributed by atoms with Crippen LogP contribution in [0.3, 0.4) is 0 Å². The highest BCUT2D eigenvalue weighted by Gasteiger charge is 2.38. The van der Waals surface area contributed by atoms with Crippen LogP contribution in [0, 0.1) is 6.92 Å². The van der Waals surface area contributed by atoms with Crippen LogP contribution in [0.4, 0.5) is 14.4 Å². The van der Waals surface area contributed by atoms with E-state index in [2.05, 4.69) is 10.6 Å². The molecule has 0 radical (unpaired) electrons. The van der Waals surface area contributed by atoms with Crippen LogP contribution >= 0.6 is 0 Å². The molecule has 4 aliphatic heterocycles. The highest BCUT2D eigenvalue weighted by Crippen LogP contribution is 2.27. The number of hydrogen-bond acceptors (Lipinski definition) is 4. The maximum absolute atomic E-state index is 14.0. The zero-order valence-corrected chi connectivity index (χ0v) is 22.1. The number of rotatable bonds is 3. The Morgan fingerprint density at radius 3 is 2.05 bits per heavy atom. The zero-order chi connectivity index (χ0) is 25.9. The van der Waals surface area contributed by atoms with Crippen LogP contribution in [0.25, 0.3) is 0 Å². The third-order valence-electron chi connectivity index (χ3n) is 8.38. The fourth-order valence-corrected chi connectivity index (χ4v) is 6.36. The van der Waals surface area contributed by atoms with Gasteiger partial charge < -0.3 is 35.0 Å². The number of nitrogens with one attached hydrogen (secondary N) is 2. The first-order valence-corrected chi connectivity index (χ1v) is 13.7. The lowest BCUT2D eigenvalue weighted by Gasteiger charge is -2.35. The van der Waals surface area contributed by atoms with Gasteiger partial charge in [-0.1, -0.05) is 12.1 Å². The molecule has 4 heterocycles. The summed E-state index contributed by atoms with van der Waals surface area (Å²) in [4.78, 5) is 47.8. The maximum atomic E-state index is 14.0. The lowest BCUT2D eigenvalue weighted by atomic mass is 10.1. The predicted molar refractivity (Wildman–Crippen MR) is 140 cm³/mol. The highest BCUT2D eigenvalue weighted by molar-refractivity contribution is 5.78. The molecule has 3 atom stereocenters. The number of urea groups is 3. The Bertz CT molecular complexity index is 1020. The van der Waals surface area contributed by atoms with E-state index in [1.165, 1.54) is 0 Å². The van der Waals surface area contributed by atoms with Crippen molar-refractivity contribution in [3.63, 3.8) is 0 Å². The molecule has 10 heteroatoms. The molecule has 0 saturated carbocycles. The van der Waals surface area contributed by atoms with Gasteiger partial charge in [-0.05, 0) is 57.1 Å². The number of hydrogen-bond donors (Lipinski definition) is 2. The van der Waals surface area contributed by atoms with Crippen LogP contribution < -0.4 is 15.4 Å². The normalized spacial score (nSPS) is 27.2. The minimum absolute atomic E-state index is 0.00180. The van der Waals surface area contributed by atoms with Gasteiger partial charge in [0, 0.05) is 44.8 Å². The van der Waals surface area contributed by atoms with Gasteiger partial charge in [-0.3, -0.25) is 0 Å². The van der Waals surface area contributed by atoms with E-state index >= 15 is 0 Å². The van der Waals surface area contributed by atoms with Gasteiger partial charge in [0.15, 0.2) is 0 Å². The SMILES string of the molecule is COc1cc(C)ccc1CN1CC2CCCN2C(=O)NCC2CCCN2C(=O)NCC2CCCN2C1=O. The summed E-state index contributed by atoms with van der Waals surface area (Å²) in [6.07, 6.45) is 5.38. The summed E-state index contributed by atoms with van der Waals surface area (Å²) >= 11 is 0. The molecule has 1 aromatic rings. The number of carbonyl (C=O) groups is 3. The van der Waals surface area contributed by atoms with Crippen molar-refractivity contribution in [1.82, 2.24) is 30.2 Å². The summed E-state index contributed by atoms with van der Waals surface area (Å²) in [6, 6.07) is 5.70. The Labute approximate surface area is 219 Å². The lowest BCUT2D eigenvalue weighted by Crippen LogP contribution is -2.53. The molecule has 6 amide bonds. The van der Waals surface area contributed by atoms with E-state index in [-0.39, 0.29) is 36.2 Å². The molecule has 37 heavy (non-hydrogen) atoms. The van der Waals surface area contributed by atoms with Crippen LogP contribution in [0.1, 0.15) is 49.7 Å². The van der Waals surface area contributed by atoms with Crippen LogP contribution in [0.2, 0.25) is 0 Å². The molecule has 2 N–H and O–H groups in total. The van der Waals surface area contributed by atoms with E-state index in [0.29, 0.717) is 45.8 Å². The molecule has 5 rings (SSSR count). The number of carbonyl (C=O) groups excluding carboxylic acids is 3. The van der Waals surface area contributed by atoms with Gasteiger partial charge >= 0.3 is 18.1 Å². The summed E-state index contributed by atoms with van der Waals surface area (Å²) < 4.78 is 5.64. The second-order valence-corrected chi connectivity index (χ2v) is 10.8. The van der Waals surface area contributed by atoms with Gasteiger partial charge in [0.25, 0.3) is 0 Å². The summed E-state index contributed by atoms with van der Waals surface area (Å²) in [6.45, 7) is 5.82. The van der Waals surface area contributed by atoms with Crippen LogP contribution in [0.5, 0.6) is 5.75 Å². The molecular formula is C27H40N6O4. The van der Waals surface area contributed by atoms with Crippen molar-refractivity contribution in [3.8, 4) is 5.75 Å². The molecule has 1 aromatic carbocycles. The molecule has 0 aliphatic carbocycles. The van der Waals surface area contributed by atoms with Gasteiger partial charge in [-0.2, -0.15) is 0 Å². The van der Waals surface area contributed by atoms with Gasteiger partial charge in [-0.15, -0.1) is 0 Å². The van der Waals surface area contributed by atoms with Crippen molar-refractivity contribution in [2.24, 2.45) is 0 Å². The zero-order valence-electron chi connectivity index (χ0n) is 22.1. The highest BCUT2D eigenvalue weighted by atomic mass is 16.5. The molecule has 4 fully saturated rings. The molecular weight excluding hydrogens is 472 g/mol. The van der Waals surface area contributed by atoms with Gasteiger partial charge in [0.2, 0.25) is 0 Å². The first-order chi connectivity index (χ1) is 17.9. The number of aryl methyl sites for hydroxylation is 1. The second kappa shape index (κ2) is 11.1. The molecule has 10 nitrogen and oxygen atoms in total. The van der Waals surface area contributed by atoms with Crippen molar-refractivity contribution in [3.05, 3.63) is 29.3 Å². The summed E-state index contributed by atoms with van der Waals surface area (Å²) in [5.74, 6) is 0.760. The van der Waals surface area contributed by atoms with E-state index < -0.39 is 0 Å². The lowest BCUT2D eigenvalue weighted by molar-refractivity contribution is 0.127. The molecule has 0 aromatic heterocycles. The minimum Gasteiger partial charge on any atom is -0.496 e. The number of amides is 6. The van der Waals surface area contributed by atoms with E-state index in [1.54, 1.807) is 7.11 Å². The average molecular weight is 513 g/mol. The summed E-state index contributed by atoms with van der Waals surface area (Å²) in [7, 11) is 1.65. The van der Waals surface area contributed by atoms with Crippen LogP contribution in [0.15, 0.2) is 18.2 Å². The topological polar surface area (TPSA) is 97.5 Å². The monoisotopic (exact) mass is 512 g/mol. The van der Waals surface area contributed by atoms with Crippen molar-refractivity contribution in [2.75, 3.05) is 46.4 Å². The maximum Gasteiger partial charge on any atom is 0.320 e. The Hall–Kier alpha value is -3.17. The molecule has 4 aliphatic rings. The van der Waals surface area contributed by atoms with E-state index in [1.807, 2.05) is 44.7 Å². The number of methoxy groups -OCH3 is 1. The number of fused-ring (bicyclic) bond motifs is 3. The third-order valence-corrected chi connectivity index (χ3v) is 8.38. The van der Waals surface area contributed by atoms with Crippen molar-refractivity contribution >= 4 is 18.1 Å². The fraction of sp³-hybridized carbons (Fsp3) is 0.667. The Morgan fingerprint density at radius 1 is 0.838 bits per heavy atom. The Balaban J connectivity index is 1.44. The summed E-state index contributed by atoms with van der Waals surface area (Å²) in [5.41, 5.74) is 2.04. The first-order valence-electron chi connectivity index (χ1n) is 13.7. The van der Waals surface area contributed by atoms with Crippen molar-refractivity contribution in [2.45, 2.75) is 70.1 Å². The molecule has 0 spiro atoms. The number of ether oxygens (including phenoxy) is 1. The summed E-state index contributed by atoms with van der Waals surface area (Å²) in [5, 5.41) is 6.17. The molecule has 0 bridgehead atoms. The fourth-order valence-electron chi connectivity index (χ4n) is 6.36. The molecule has 4 saturated heterocycles. The van der Waals surface area contributed by atoms with E-state index in [9.17, 15) is 14.4 Å². The largest absolute Gasteiger partial charge is 0.496 e. The van der Waals surface area contributed by atoms with Crippen molar-refractivity contribution in [1.29, 1.82) is 0 Å². The minimum atomic E-state index is -0.107. The van der Waals surface area contributed by atoms with Crippen LogP contribution in [-0.4, -0.2) is 102 Å². The Morgan fingerprint density at radius 2 is 1.41 bits per heavy atom.